The number of aromatic nitrogens is 2. The first-order chi connectivity index (χ1) is 6.61. The fourth-order valence-electron chi connectivity index (χ4n) is 2.23. The van der Waals surface area contributed by atoms with E-state index >= 15 is 0 Å². The molecule has 0 aromatic carbocycles. The van der Waals surface area contributed by atoms with Gasteiger partial charge in [0.1, 0.15) is 0 Å². The normalized spacial score (nSPS) is 21.6. The highest BCUT2D eigenvalue weighted by molar-refractivity contribution is 5.25. The van der Waals surface area contributed by atoms with Gasteiger partial charge in [-0.25, -0.2) is 4.98 Å². The fraction of sp³-hybridized carbons (Fsp3) is 0.600. The van der Waals surface area contributed by atoms with Gasteiger partial charge in [-0.3, -0.25) is 9.69 Å². The van der Waals surface area contributed by atoms with Gasteiger partial charge in [-0.2, -0.15) is 0 Å². The van der Waals surface area contributed by atoms with Gasteiger partial charge < -0.3 is 4.98 Å². The maximum absolute atomic E-state index is 11.5. The van der Waals surface area contributed by atoms with Crippen molar-refractivity contribution < 1.29 is 0 Å². The maximum atomic E-state index is 11.5. The highest BCUT2D eigenvalue weighted by Gasteiger charge is 2.32. The van der Waals surface area contributed by atoms with E-state index in [0.717, 1.165) is 11.3 Å². The third kappa shape index (κ3) is 1.26. The fourth-order valence-corrected chi connectivity index (χ4v) is 2.23. The molecule has 76 valence electrons. The summed E-state index contributed by atoms with van der Waals surface area (Å²) in [6.07, 6.45) is 1.50. The first kappa shape index (κ1) is 9.40. The summed E-state index contributed by atoms with van der Waals surface area (Å²) >= 11 is 0. The van der Waals surface area contributed by atoms with Gasteiger partial charge >= 0.3 is 0 Å². The molecule has 4 nitrogen and oxygen atoms in total. The van der Waals surface area contributed by atoms with Gasteiger partial charge in [0.2, 0.25) is 0 Å². The molecule has 0 aliphatic carbocycles. The van der Waals surface area contributed by atoms with Gasteiger partial charge in [0.15, 0.2) is 0 Å². The van der Waals surface area contributed by atoms with Gasteiger partial charge in [0.25, 0.3) is 5.56 Å². The minimum atomic E-state index is 0.00463. The minimum Gasteiger partial charge on any atom is -0.313 e. The Labute approximate surface area is 83.0 Å². The molecule has 2 heterocycles. The van der Waals surface area contributed by atoms with Crippen LogP contribution in [-0.2, 0) is 6.54 Å². The van der Waals surface area contributed by atoms with Crippen LogP contribution in [0.25, 0.3) is 0 Å². The van der Waals surface area contributed by atoms with Crippen molar-refractivity contribution in [2.45, 2.75) is 26.4 Å². The van der Waals surface area contributed by atoms with E-state index in [1.165, 1.54) is 6.33 Å². The van der Waals surface area contributed by atoms with Gasteiger partial charge in [0.05, 0.1) is 23.6 Å². The van der Waals surface area contributed by atoms with Crippen molar-refractivity contribution in [3.8, 4) is 0 Å². The first-order valence-electron chi connectivity index (χ1n) is 4.88. The van der Waals surface area contributed by atoms with E-state index < -0.39 is 0 Å². The van der Waals surface area contributed by atoms with Crippen LogP contribution in [-0.4, -0.2) is 21.9 Å². The molecule has 0 bridgehead atoms. The second-order valence-corrected chi connectivity index (χ2v) is 4.20. The van der Waals surface area contributed by atoms with Crippen LogP contribution in [0.2, 0.25) is 0 Å². The van der Waals surface area contributed by atoms with E-state index in [1.807, 2.05) is 7.05 Å². The molecular weight excluding hydrogens is 178 g/mol. The molecule has 0 spiro atoms. The molecular formula is C10H15N3O. The Morgan fingerprint density at radius 3 is 3.00 bits per heavy atom. The van der Waals surface area contributed by atoms with Crippen LogP contribution in [0.1, 0.15) is 31.1 Å². The van der Waals surface area contributed by atoms with Crippen molar-refractivity contribution >= 4 is 0 Å². The SMILES string of the molecule is CC(C)C1c2nc[nH]c(=O)c2CN1C. The van der Waals surface area contributed by atoms with E-state index in [1.54, 1.807) is 0 Å². The maximum Gasteiger partial charge on any atom is 0.255 e. The van der Waals surface area contributed by atoms with E-state index in [4.69, 9.17) is 0 Å². The molecule has 0 saturated heterocycles. The summed E-state index contributed by atoms with van der Waals surface area (Å²) in [6, 6.07) is 0.285. The molecule has 0 saturated carbocycles. The number of hydrogen-bond donors (Lipinski definition) is 1. The number of rotatable bonds is 1. The molecule has 1 N–H and O–H groups in total. The number of nitrogens with one attached hydrogen (secondary N) is 1. The summed E-state index contributed by atoms with van der Waals surface area (Å²) in [5.74, 6) is 0.482. The molecule has 14 heavy (non-hydrogen) atoms. The molecule has 2 rings (SSSR count). The van der Waals surface area contributed by atoms with Crippen molar-refractivity contribution in [1.82, 2.24) is 14.9 Å². The zero-order valence-electron chi connectivity index (χ0n) is 8.74. The van der Waals surface area contributed by atoms with Gasteiger partial charge in [0, 0.05) is 6.54 Å². The molecule has 4 heteroatoms. The highest BCUT2D eigenvalue weighted by atomic mass is 16.1. The number of fused-ring (bicyclic) bond motifs is 1. The van der Waals surface area contributed by atoms with E-state index in [0.29, 0.717) is 12.5 Å². The summed E-state index contributed by atoms with van der Waals surface area (Å²) in [5.41, 5.74) is 1.78. The zero-order valence-corrected chi connectivity index (χ0v) is 8.74. The molecule has 0 amide bonds. The Kier molecular flexibility index (Phi) is 2.15. The lowest BCUT2D eigenvalue weighted by molar-refractivity contribution is 0.211. The van der Waals surface area contributed by atoms with Crippen LogP contribution in [0.3, 0.4) is 0 Å². The predicted octanol–water partition coefficient (Wildman–Crippen LogP) is 0.912. The Hall–Kier alpha value is -1.16. The van der Waals surface area contributed by atoms with Crippen LogP contribution in [0.4, 0.5) is 0 Å². The van der Waals surface area contributed by atoms with E-state index in [-0.39, 0.29) is 11.6 Å². The summed E-state index contributed by atoms with van der Waals surface area (Å²) in [4.78, 5) is 20.6. The summed E-state index contributed by atoms with van der Waals surface area (Å²) in [6.45, 7) is 5.01. The van der Waals surface area contributed by atoms with Crippen molar-refractivity contribution in [3.05, 3.63) is 27.9 Å². The average Bonchev–Trinajstić information content (AvgIpc) is 2.42. The summed E-state index contributed by atoms with van der Waals surface area (Å²) in [7, 11) is 2.03. The lowest BCUT2D eigenvalue weighted by Gasteiger charge is -2.22. The standard InChI is InChI=1S/C10H15N3O/c1-6(2)9-8-7(4-13(9)3)10(14)12-5-11-8/h5-6,9H,4H2,1-3H3,(H,11,12,14). The number of H-pyrrole nitrogens is 1. The second-order valence-electron chi connectivity index (χ2n) is 4.20. The van der Waals surface area contributed by atoms with Gasteiger partial charge in [-0.15, -0.1) is 0 Å². The third-order valence-corrected chi connectivity index (χ3v) is 2.78. The van der Waals surface area contributed by atoms with Crippen LogP contribution in [0.5, 0.6) is 0 Å². The average molecular weight is 193 g/mol. The third-order valence-electron chi connectivity index (χ3n) is 2.78. The number of nitrogens with zero attached hydrogens (tertiary/aromatic N) is 2. The summed E-state index contributed by atoms with van der Waals surface area (Å²) < 4.78 is 0. The Morgan fingerprint density at radius 1 is 1.64 bits per heavy atom. The lowest BCUT2D eigenvalue weighted by atomic mass is 10.0. The smallest absolute Gasteiger partial charge is 0.255 e. The van der Waals surface area contributed by atoms with Crippen LogP contribution in [0.15, 0.2) is 11.1 Å². The molecule has 1 unspecified atom stereocenters. The van der Waals surface area contributed by atoms with Crippen molar-refractivity contribution in [1.29, 1.82) is 0 Å². The Balaban J connectivity index is 2.53. The van der Waals surface area contributed by atoms with Crippen molar-refractivity contribution in [2.24, 2.45) is 5.92 Å². The summed E-state index contributed by atoms with van der Waals surface area (Å²) in [5, 5.41) is 0. The van der Waals surface area contributed by atoms with Crippen molar-refractivity contribution in [2.75, 3.05) is 7.05 Å². The molecule has 0 fully saturated rings. The molecule has 1 aromatic rings. The first-order valence-corrected chi connectivity index (χ1v) is 4.88. The monoisotopic (exact) mass is 193 g/mol. The Bertz CT molecular complexity index is 397. The van der Waals surface area contributed by atoms with Gasteiger partial charge in [-0.05, 0) is 13.0 Å². The molecule has 1 aromatic heterocycles. The molecule has 1 aliphatic heterocycles. The number of hydrogen-bond acceptors (Lipinski definition) is 3. The van der Waals surface area contributed by atoms with Crippen LogP contribution < -0.4 is 5.56 Å². The number of aromatic amines is 1. The van der Waals surface area contributed by atoms with E-state index in [9.17, 15) is 4.79 Å². The molecule has 1 aliphatic rings. The van der Waals surface area contributed by atoms with E-state index in [2.05, 4.69) is 28.7 Å². The zero-order chi connectivity index (χ0) is 10.3. The van der Waals surface area contributed by atoms with Crippen molar-refractivity contribution in [3.63, 3.8) is 0 Å². The van der Waals surface area contributed by atoms with Crippen LogP contribution >= 0.6 is 0 Å². The topological polar surface area (TPSA) is 49.0 Å². The minimum absolute atomic E-state index is 0.00463. The largest absolute Gasteiger partial charge is 0.313 e. The van der Waals surface area contributed by atoms with Gasteiger partial charge in [-0.1, -0.05) is 13.8 Å². The lowest BCUT2D eigenvalue weighted by Crippen LogP contribution is -2.21. The Morgan fingerprint density at radius 2 is 2.36 bits per heavy atom. The predicted molar refractivity (Wildman–Crippen MR) is 53.9 cm³/mol. The highest BCUT2D eigenvalue weighted by Crippen LogP contribution is 2.33. The van der Waals surface area contributed by atoms with Crippen LogP contribution in [0, 0.1) is 5.92 Å². The molecule has 0 radical (unpaired) electrons. The quantitative estimate of drug-likeness (QED) is 0.721. The molecule has 1 atom stereocenters. The second kappa shape index (κ2) is 3.20.